The highest BCUT2D eigenvalue weighted by atomic mass is 16.3. The highest BCUT2D eigenvalue weighted by molar-refractivity contribution is 5.95. The van der Waals surface area contributed by atoms with Crippen molar-refractivity contribution in [3.05, 3.63) is 75.9 Å². The Hall–Kier alpha value is -2.43. The number of unbranched alkanes of at least 4 members (excludes halogenated alkanes) is 1. The van der Waals surface area contributed by atoms with Gasteiger partial charge in [-0.25, -0.2) is 0 Å². The minimum absolute atomic E-state index is 0.0178. The third-order valence-corrected chi connectivity index (χ3v) is 7.77. The van der Waals surface area contributed by atoms with Gasteiger partial charge in [-0.3, -0.25) is 4.79 Å². The molecule has 0 aliphatic rings. The number of nitrogens with two attached hydrogens (primary N) is 1. The maximum atomic E-state index is 12.7. The fourth-order valence-electron chi connectivity index (χ4n) is 4.91. The van der Waals surface area contributed by atoms with E-state index < -0.39 is 5.60 Å². The highest BCUT2D eigenvalue weighted by Crippen LogP contribution is 2.40. The number of carbonyl (C=O) groups excluding carboxylic acids is 1. The Kier molecular flexibility index (Phi) is 10.7. The molecule has 2 rings (SSSR count). The van der Waals surface area contributed by atoms with Gasteiger partial charge in [-0.15, -0.1) is 0 Å². The first kappa shape index (κ1) is 28.8. The molecule has 2 aromatic carbocycles. The zero-order valence-electron chi connectivity index (χ0n) is 22.7. The third-order valence-electron chi connectivity index (χ3n) is 7.77. The van der Waals surface area contributed by atoms with Crippen LogP contribution in [0.15, 0.2) is 42.5 Å². The molecule has 0 saturated heterocycles. The van der Waals surface area contributed by atoms with Crippen LogP contribution in [0.1, 0.15) is 104 Å². The van der Waals surface area contributed by atoms with Crippen molar-refractivity contribution in [3.8, 4) is 0 Å². The van der Waals surface area contributed by atoms with Crippen LogP contribution in [0, 0.1) is 13.8 Å². The van der Waals surface area contributed by atoms with E-state index in [9.17, 15) is 9.90 Å². The third kappa shape index (κ3) is 6.83. The van der Waals surface area contributed by atoms with Crippen LogP contribution < -0.4 is 11.1 Å². The zero-order chi connectivity index (χ0) is 26.1. The van der Waals surface area contributed by atoms with Gasteiger partial charge in [0.2, 0.25) is 0 Å². The Balaban J connectivity index is 2.37. The van der Waals surface area contributed by atoms with Gasteiger partial charge < -0.3 is 16.2 Å². The molecule has 0 atom stereocenters. The van der Waals surface area contributed by atoms with Gasteiger partial charge in [0.15, 0.2) is 0 Å². The lowest BCUT2D eigenvalue weighted by molar-refractivity contribution is 0.0836. The number of hydrogen-bond acceptors (Lipinski definition) is 3. The summed E-state index contributed by atoms with van der Waals surface area (Å²) in [6, 6.07) is 13.0. The molecule has 0 radical (unpaired) electrons. The Bertz CT molecular complexity index is 1000. The summed E-state index contributed by atoms with van der Waals surface area (Å²) in [6.07, 6.45) is 9.14. The second-order valence-corrected chi connectivity index (χ2v) is 9.79. The van der Waals surface area contributed by atoms with Gasteiger partial charge in [0.1, 0.15) is 0 Å². The van der Waals surface area contributed by atoms with Crippen molar-refractivity contribution >= 4 is 12.0 Å². The topological polar surface area (TPSA) is 75.3 Å². The number of amides is 1. The van der Waals surface area contributed by atoms with Crippen molar-refractivity contribution in [2.45, 2.75) is 91.1 Å². The summed E-state index contributed by atoms with van der Waals surface area (Å²) >= 11 is 0. The molecule has 0 aliphatic carbocycles. The number of nitrogens with one attached hydrogen (secondary N) is 1. The SMILES string of the molecule is CCC(O)(/C=C/c1ccc(C(CC)(CC)c2ccc(C(=O)NCCCCN)c(C)c2)cc1C)CC. The molecular formula is C31H46N2O2. The summed E-state index contributed by atoms with van der Waals surface area (Å²) in [5.74, 6) is -0.0178. The summed E-state index contributed by atoms with van der Waals surface area (Å²) in [6.45, 7) is 14.0. The summed E-state index contributed by atoms with van der Waals surface area (Å²) in [5.41, 5.74) is 11.3. The van der Waals surface area contributed by atoms with Crippen LogP contribution in [0.5, 0.6) is 0 Å². The van der Waals surface area contributed by atoms with E-state index in [2.05, 4.69) is 62.5 Å². The fourth-order valence-corrected chi connectivity index (χ4v) is 4.91. The normalized spacial score (nSPS) is 12.3. The van der Waals surface area contributed by atoms with Gasteiger partial charge >= 0.3 is 0 Å². The van der Waals surface area contributed by atoms with E-state index in [0.717, 1.165) is 42.4 Å². The predicted molar refractivity (Wildman–Crippen MR) is 149 cm³/mol. The average molecular weight is 479 g/mol. The molecule has 0 heterocycles. The van der Waals surface area contributed by atoms with Crippen molar-refractivity contribution < 1.29 is 9.90 Å². The largest absolute Gasteiger partial charge is 0.386 e. The molecule has 4 N–H and O–H groups in total. The number of aryl methyl sites for hydroxylation is 2. The van der Waals surface area contributed by atoms with Gasteiger partial charge in [0, 0.05) is 17.5 Å². The van der Waals surface area contributed by atoms with E-state index in [0.29, 0.717) is 25.9 Å². The fraction of sp³-hybridized carbons (Fsp3) is 0.516. The van der Waals surface area contributed by atoms with Crippen LogP contribution in [-0.4, -0.2) is 29.7 Å². The van der Waals surface area contributed by atoms with Crippen molar-refractivity contribution in [1.29, 1.82) is 0 Å². The molecule has 192 valence electrons. The van der Waals surface area contributed by atoms with Crippen molar-refractivity contribution in [2.75, 3.05) is 13.1 Å². The van der Waals surface area contributed by atoms with Crippen LogP contribution in [0.2, 0.25) is 0 Å². The van der Waals surface area contributed by atoms with Crippen LogP contribution in [0.4, 0.5) is 0 Å². The van der Waals surface area contributed by atoms with E-state index in [1.165, 1.54) is 16.7 Å². The monoisotopic (exact) mass is 478 g/mol. The molecule has 0 spiro atoms. The van der Waals surface area contributed by atoms with Crippen LogP contribution in [0.25, 0.3) is 6.08 Å². The number of aliphatic hydroxyl groups is 1. The molecule has 0 aromatic heterocycles. The molecule has 0 bridgehead atoms. The molecule has 35 heavy (non-hydrogen) atoms. The standard InChI is InChI=1S/C31H46N2O2/c1-7-30(35,8-2)18-17-25-13-14-26(21-23(25)5)31(9-3,10-4)27-15-16-28(24(6)22-27)29(34)33-20-12-11-19-32/h13-18,21-22,35H,7-12,19-20,32H2,1-6H3,(H,33,34)/b18-17+. The quantitative estimate of drug-likeness (QED) is 0.290. The molecular weight excluding hydrogens is 432 g/mol. The van der Waals surface area contributed by atoms with Gasteiger partial charge in [-0.1, -0.05) is 70.2 Å². The van der Waals surface area contributed by atoms with E-state index in [-0.39, 0.29) is 11.3 Å². The Morgan fingerprint density at radius 1 is 0.914 bits per heavy atom. The summed E-state index contributed by atoms with van der Waals surface area (Å²) < 4.78 is 0. The molecule has 0 saturated carbocycles. The smallest absolute Gasteiger partial charge is 0.251 e. The Morgan fingerprint density at radius 3 is 2.03 bits per heavy atom. The Morgan fingerprint density at radius 2 is 1.51 bits per heavy atom. The van der Waals surface area contributed by atoms with E-state index in [1.807, 2.05) is 32.9 Å². The molecule has 2 aromatic rings. The lowest BCUT2D eigenvalue weighted by Gasteiger charge is -2.34. The van der Waals surface area contributed by atoms with Crippen LogP contribution in [-0.2, 0) is 5.41 Å². The van der Waals surface area contributed by atoms with Gasteiger partial charge in [0.25, 0.3) is 5.91 Å². The molecule has 4 nitrogen and oxygen atoms in total. The molecule has 0 unspecified atom stereocenters. The maximum absolute atomic E-state index is 12.7. The molecule has 1 amide bonds. The number of hydrogen-bond donors (Lipinski definition) is 3. The Labute approximate surface area is 213 Å². The van der Waals surface area contributed by atoms with Gasteiger partial charge in [-0.05, 0) is 92.8 Å². The maximum Gasteiger partial charge on any atom is 0.251 e. The molecule has 4 heteroatoms. The van der Waals surface area contributed by atoms with Crippen molar-refractivity contribution in [2.24, 2.45) is 5.73 Å². The van der Waals surface area contributed by atoms with E-state index in [1.54, 1.807) is 0 Å². The van der Waals surface area contributed by atoms with Crippen LogP contribution >= 0.6 is 0 Å². The van der Waals surface area contributed by atoms with Gasteiger partial charge in [0.05, 0.1) is 5.60 Å². The summed E-state index contributed by atoms with van der Waals surface area (Å²) in [7, 11) is 0. The first-order valence-corrected chi connectivity index (χ1v) is 13.3. The highest BCUT2D eigenvalue weighted by Gasteiger charge is 2.31. The average Bonchev–Trinajstić information content (AvgIpc) is 2.87. The molecule has 0 aliphatic heterocycles. The van der Waals surface area contributed by atoms with E-state index in [4.69, 9.17) is 5.73 Å². The first-order chi connectivity index (χ1) is 16.7. The summed E-state index contributed by atoms with van der Waals surface area (Å²) in [5, 5.41) is 13.6. The lowest BCUT2D eigenvalue weighted by atomic mass is 9.69. The number of rotatable bonds is 13. The van der Waals surface area contributed by atoms with Crippen molar-refractivity contribution in [3.63, 3.8) is 0 Å². The molecule has 0 fully saturated rings. The second kappa shape index (κ2) is 13.0. The lowest BCUT2D eigenvalue weighted by Crippen LogP contribution is -2.28. The predicted octanol–water partition coefficient (Wildman–Crippen LogP) is 6.44. The first-order valence-electron chi connectivity index (χ1n) is 13.3. The second-order valence-electron chi connectivity index (χ2n) is 9.79. The number of benzene rings is 2. The van der Waals surface area contributed by atoms with E-state index >= 15 is 0 Å². The zero-order valence-corrected chi connectivity index (χ0v) is 22.7. The number of carbonyl (C=O) groups is 1. The minimum Gasteiger partial charge on any atom is -0.386 e. The summed E-state index contributed by atoms with van der Waals surface area (Å²) in [4.78, 5) is 12.7. The van der Waals surface area contributed by atoms with Crippen molar-refractivity contribution in [1.82, 2.24) is 5.32 Å². The minimum atomic E-state index is -0.752. The van der Waals surface area contributed by atoms with Crippen LogP contribution in [0.3, 0.4) is 0 Å². The van der Waals surface area contributed by atoms with Gasteiger partial charge in [-0.2, -0.15) is 0 Å².